The molecule has 2 aromatic rings. The summed E-state index contributed by atoms with van der Waals surface area (Å²) in [7, 11) is 0. The van der Waals surface area contributed by atoms with Crippen LogP contribution in [0.4, 0.5) is 0 Å². The Labute approximate surface area is 161 Å². The van der Waals surface area contributed by atoms with Gasteiger partial charge in [0.15, 0.2) is 0 Å². The van der Waals surface area contributed by atoms with E-state index in [-0.39, 0.29) is 12.0 Å². The van der Waals surface area contributed by atoms with Gasteiger partial charge in [0.2, 0.25) is 0 Å². The molecule has 146 valence electrons. The number of ether oxygens (including phenoxy) is 1. The predicted octanol–water partition coefficient (Wildman–Crippen LogP) is 2.52. The van der Waals surface area contributed by atoms with Crippen molar-refractivity contribution in [1.29, 1.82) is 0 Å². The van der Waals surface area contributed by atoms with E-state index in [1.165, 1.54) is 0 Å². The van der Waals surface area contributed by atoms with E-state index in [0.29, 0.717) is 19.7 Å². The van der Waals surface area contributed by atoms with Crippen molar-refractivity contribution in [2.45, 2.75) is 45.8 Å². The summed E-state index contributed by atoms with van der Waals surface area (Å²) < 4.78 is 7.80. The van der Waals surface area contributed by atoms with E-state index in [9.17, 15) is 4.79 Å². The number of likely N-dealkylation sites (tertiary alicyclic amines) is 1. The predicted molar refractivity (Wildman–Crippen MR) is 106 cm³/mol. The van der Waals surface area contributed by atoms with Crippen LogP contribution in [0.25, 0.3) is 0 Å². The smallest absolute Gasteiger partial charge is 0.253 e. The van der Waals surface area contributed by atoms with Crippen molar-refractivity contribution >= 4 is 5.91 Å². The molecule has 27 heavy (non-hydrogen) atoms. The van der Waals surface area contributed by atoms with Gasteiger partial charge in [0, 0.05) is 31.0 Å². The second-order valence-electron chi connectivity index (χ2n) is 7.29. The van der Waals surface area contributed by atoms with Crippen molar-refractivity contribution in [2.24, 2.45) is 5.73 Å². The third kappa shape index (κ3) is 5.17. The number of piperidine rings is 1. The number of nitrogens with zero attached hydrogens (tertiary/aromatic N) is 3. The first-order valence-corrected chi connectivity index (χ1v) is 9.78. The molecule has 6 nitrogen and oxygen atoms in total. The van der Waals surface area contributed by atoms with Gasteiger partial charge in [-0.1, -0.05) is 12.1 Å². The van der Waals surface area contributed by atoms with E-state index in [1.807, 2.05) is 40.8 Å². The van der Waals surface area contributed by atoms with Crippen LogP contribution in [0.3, 0.4) is 0 Å². The number of hydrogen-bond donors (Lipinski definition) is 1. The van der Waals surface area contributed by atoms with Gasteiger partial charge < -0.3 is 15.4 Å². The van der Waals surface area contributed by atoms with Crippen molar-refractivity contribution in [1.82, 2.24) is 14.7 Å². The summed E-state index contributed by atoms with van der Waals surface area (Å²) in [6.07, 6.45) is 2.92. The third-order valence-corrected chi connectivity index (χ3v) is 5.04. The van der Waals surface area contributed by atoms with Crippen LogP contribution in [0.15, 0.2) is 30.3 Å². The first-order valence-electron chi connectivity index (χ1n) is 9.78. The molecule has 3 rings (SSSR count). The summed E-state index contributed by atoms with van der Waals surface area (Å²) >= 11 is 0. The highest BCUT2D eigenvalue weighted by Crippen LogP contribution is 2.18. The van der Waals surface area contributed by atoms with E-state index in [2.05, 4.69) is 18.1 Å². The minimum atomic E-state index is 0.102. The molecule has 6 heteroatoms. The number of amides is 1. The minimum absolute atomic E-state index is 0.102. The summed E-state index contributed by atoms with van der Waals surface area (Å²) in [6, 6.07) is 9.95. The topological polar surface area (TPSA) is 73.4 Å². The number of benzene rings is 1. The van der Waals surface area contributed by atoms with Gasteiger partial charge in [-0.15, -0.1) is 0 Å². The second-order valence-corrected chi connectivity index (χ2v) is 7.29. The molecule has 1 amide bonds. The lowest BCUT2D eigenvalue weighted by Gasteiger charge is -2.32. The van der Waals surface area contributed by atoms with Crippen LogP contribution in [0.5, 0.6) is 0 Å². The van der Waals surface area contributed by atoms with Crippen LogP contribution < -0.4 is 5.73 Å². The summed E-state index contributed by atoms with van der Waals surface area (Å²) in [5, 5.41) is 4.51. The van der Waals surface area contributed by atoms with Crippen molar-refractivity contribution in [3.63, 3.8) is 0 Å². The Kier molecular flexibility index (Phi) is 6.63. The first kappa shape index (κ1) is 19.6. The van der Waals surface area contributed by atoms with Crippen LogP contribution in [0, 0.1) is 13.8 Å². The van der Waals surface area contributed by atoms with Crippen LogP contribution >= 0.6 is 0 Å². The fourth-order valence-electron chi connectivity index (χ4n) is 3.55. The molecule has 1 aromatic heterocycles. The molecule has 0 bridgehead atoms. The molecule has 1 fully saturated rings. The summed E-state index contributed by atoms with van der Waals surface area (Å²) in [5.41, 5.74) is 9.48. The molecule has 0 radical (unpaired) electrons. The molecule has 1 aliphatic heterocycles. The highest BCUT2D eigenvalue weighted by molar-refractivity contribution is 5.94. The summed E-state index contributed by atoms with van der Waals surface area (Å²) in [4.78, 5) is 14.8. The maximum absolute atomic E-state index is 12.9. The quantitative estimate of drug-likeness (QED) is 0.760. The monoisotopic (exact) mass is 370 g/mol. The van der Waals surface area contributed by atoms with Crippen molar-refractivity contribution in [2.75, 3.05) is 26.2 Å². The largest absolute Gasteiger partial charge is 0.378 e. The van der Waals surface area contributed by atoms with Gasteiger partial charge in [-0.25, -0.2) is 0 Å². The van der Waals surface area contributed by atoms with Crippen LogP contribution in [0.1, 0.15) is 46.6 Å². The van der Waals surface area contributed by atoms with Gasteiger partial charge in [-0.3, -0.25) is 9.48 Å². The number of aromatic nitrogens is 2. The third-order valence-electron chi connectivity index (χ3n) is 5.04. The van der Waals surface area contributed by atoms with E-state index < -0.39 is 0 Å². The molecule has 0 atom stereocenters. The van der Waals surface area contributed by atoms with Crippen LogP contribution in [0.2, 0.25) is 0 Å². The molecule has 0 saturated carbocycles. The van der Waals surface area contributed by atoms with Gasteiger partial charge in [0.25, 0.3) is 5.91 Å². The van der Waals surface area contributed by atoms with Gasteiger partial charge in [0.1, 0.15) is 0 Å². The molecule has 2 N–H and O–H groups in total. The highest BCUT2D eigenvalue weighted by Gasteiger charge is 2.24. The number of carbonyl (C=O) groups is 1. The van der Waals surface area contributed by atoms with E-state index >= 15 is 0 Å². The van der Waals surface area contributed by atoms with Crippen LogP contribution in [-0.4, -0.2) is 52.9 Å². The summed E-state index contributed by atoms with van der Waals surface area (Å²) in [5.74, 6) is 0.102. The Morgan fingerprint density at radius 2 is 2.04 bits per heavy atom. The van der Waals surface area contributed by atoms with E-state index in [4.69, 9.17) is 10.5 Å². The zero-order chi connectivity index (χ0) is 19.2. The molecular formula is C21H30N4O2. The number of carbonyl (C=O) groups excluding carboxylic acids is 1. The molecule has 1 aliphatic rings. The van der Waals surface area contributed by atoms with Crippen molar-refractivity contribution in [3.05, 3.63) is 52.8 Å². The van der Waals surface area contributed by atoms with Gasteiger partial charge >= 0.3 is 0 Å². The standard InChI is InChI=1S/C21H30N4O2/c1-16-13-17(2)25(23-16)15-18-5-3-6-19(14-18)21(26)24-10-7-20(8-11-24)27-12-4-9-22/h3,5-6,13-14,20H,4,7-12,15,22H2,1-2H3. The Hall–Kier alpha value is -2.18. The molecular weight excluding hydrogens is 340 g/mol. The summed E-state index contributed by atoms with van der Waals surface area (Å²) in [6.45, 7) is 7.58. The van der Waals surface area contributed by atoms with Crippen molar-refractivity contribution < 1.29 is 9.53 Å². The lowest BCUT2D eigenvalue weighted by atomic mass is 10.0. The lowest BCUT2D eigenvalue weighted by molar-refractivity contribution is 0.00844. The first-order chi connectivity index (χ1) is 13.1. The average molecular weight is 370 g/mol. The van der Waals surface area contributed by atoms with E-state index in [0.717, 1.165) is 54.9 Å². The van der Waals surface area contributed by atoms with Crippen LogP contribution in [-0.2, 0) is 11.3 Å². The molecule has 1 aromatic carbocycles. The van der Waals surface area contributed by atoms with Crippen molar-refractivity contribution in [3.8, 4) is 0 Å². The van der Waals surface area contributed by atoms with Gasteiger partial charge in [-0.05, 0) is 63.4 Å². The SMILES string of the molecule is Cc1cc(C)n(Cc2cccc(C(=O)N3CCC(OCCCN)CC3)c2)n1. The molecule has 2 heterocycles. The molecule has 1 saturated heterocycles. The number of aryl methyl sites for hydroxylation is 2. The fraction of sp³-hybridized carbons (Fsp3) is 0.524. The molecule has 0 aliphatic carbocycles. The number of hydrogen-bond acceptors (Lipinski definition) is 4. The number of nitrogens with two attached hydrogens (primary N) is 1. The Bertz CT molecular complexity index is 763. The maximum Gasteiger partial charge on any atom is 0.253 e. The Morgan fingerprint density at radius 1 is 1.26 bits per heavy atom. The van der Waals surface area contributed by atoms with E-state index in [1.54, 1.807) is 0 Å². The Balaban J connectivity index is 1.58. The van der Waals surface area contributed by atoms with Gasteiger partial charge in [0.05, 0.1) is 18.3 Å². The zero-order valence-electron chi connectivity index (χ0n) is 16.4. The van der Waals surface area contributed by atoms with Gasteiger partial charge in [-0.2, -0.15) is 5.10 Å². The lowest BCUT2D eigenvalue weighted by Crippen LogP contribution is -2.41. The Morgan fingerprint density at radius 3 is 2.70 bits per heavy atom. The normalized spacial score (nSPS) is 15.3. The maximum atomic E-state index is 12.9. The highest BCUT2D eigenvalue weighted by atomic mass is 16.5. The number of rotatable bonds is 7. The minimum Gasteiger partial charge on any atom is -0.378 e. The fourth-order valence-corrected chi connectivity index (χ4v) is 3.55. The zero-order valence-corrected chi connectivity index (χ0v) is 16.4. The second kappa shape index (κ2) is 9.15. The molecule has 0 spiro atoms. The average Bonchev–Trinajstić information content (AvgIpc) is 2.99. The molecule has 0 unspecified atom stereocenters.